The van der Waals surface area contributed by atoms with E-state index in [0.29, 0.717) is 5.15 Å². The summed E-state index contributed by atoms with van der Waals surface area (Å²) in [6, 6.07) is 1.57. The molecule has 0 bridgehead atoms. The number of anilines is 1. The number of amides is 1. The van der Waals surface area contributed by atoms with Crippen molar-refractivity contribution in [2.75, 3.05) is 18.4 Å². The van der Waals surface area contributed by atoms with E-state index >= 15 is 0 Å². The van der Waals surface area contributed by atoms with Gasteiger partial charge in [-0.3, -0.25) is 10.1 Å². The first-order valence-electron chi connectivity index (χ1n) is 5.61. The quantitative estimate of drug-likeness (QED) is 0.784. The Labute approximate surface area is 105 Å². The van der Waals surface area contributed by atoms with E-state index in [9.17, 15) is 4.79 Å². The first-order valence-corrected chi connectivity index (χ1v) is 5.99. The number of piperidine rings is 1. The van der Waals surface area contributed by atoms with Crippen molar-refractivity contribution in [1.82, 2.24) is 15.3 Å². The van der Waals surface area contributed by atoms with Gasteiger partial charge in [0, 0.05) is 11.6 Å². The number of aromatic nitrogens is 2. The van der Waals surface area contributed by atoms with Crippen molar-refractivity contribution in [3.8, 4) is 0 Å². The summed E-state index contributed by atoms with van der Waals surface area (Å²) in [7, 11) is 0. The van der Waals surface area contributed by atoms with Crippen LogP contribution in [0.3, 0.4) is 0 Å². The van der Waals surface area contributed by atoms with E-state index in [0.717, 1.165) is 25.9 Å². The second-order valence-corrected chi connectivity index (χ2v) is 4.86. The average Bonchev–Trinajstić information content (AvgIpc) is 2.30. The van der Waals surface area contributed by atoms with Crippen LogP contribution in [-0.2, 0) is 4.79 Å². The number of nitrogens with one attached hydrogen (secondary N) is 2. The van der Waals surface area contributed by atoms with Gasteiger partial charge in [-0.15, -0.1) is 0 Å². The molecule has 2 N–H and O–H groups in total. The molecule has 0 spiro atoms. The Bertz CT molecular complexity index is 418. The van der Waals surface area contributed by atoms with E-state index < -0.39 is 0 Å². The van der Waals surface area contributed by atoms with E-state index in [2.05, 4.69) is 20.6 Å². The summed E-state index contributed by atoms with van der Waals surface area (Å²) in [4.78, 5) is 20.0. The minimum atomic E-state index is -0.350. The maximum absolute atomic E-state index is 12.1. The van der Waals surface area contributed by atoms with Crippen molar-refractivity contribution in [2.24, 2.45) is 5.41 Å². The summed E-state index contributed by atoms with van der Waals surface area (Å²) in [5.74, 6) is 0.225. The molecule has 1 aromatic heterocycles. The molecule has 1 aliphatic heterocycles. The lowest BCUT2D eigenvalue weighted by Crippen LogP contribution is -2.43. The number of rotatable bonds is 2. The molecular formula is C11H15ClN4O. The van der Waals surface area contributed by atoms with Crippen LogP contribution < -0.4 is 10.6 Å². The van der Waals surface area contributed by atoms with Gasteiger partial charge in [-0.05, 0) is 32.0 Å². The van der Waals surface area contributed by atoms with E-state index in [1.807, 2.05) is 6.92 Å². The Balaban J connectivity index is 2.05. The molecular weight excluding hydrogens is 240 g/mol. The van der Waals surface area contributed by atoms with Gasteiger partial charge in [-0.1, -0.05) is 18.5 Å². The molecule has 0 unspecified atom stereocenters. The van der Waals surface area contributed by atoms with Crippen LogP contribution in [0.5, 0.6) is 0 Å². The fourth-order valence-electron chi connectivity index (χ4n) is 1.85. The van der Waals surface area contributed by atoms with Gasteiger partial charge in [0.05, 0.1) is 0 Å². The largest absolute Gasteiger partial charge is 0.317 e. The molecule has 1 aromatic rings. The molecule has 0 saturated carbocycles. The Morgan fingerprint density at radius 3 is 2.88 bits per heavy atom. The molecule has 0 aromatic carbocycles. The molecule has 1 fully saturated rings. The monoisotopic (exact) mass is 254 g/mol. The lowest BCUT2D eigenvalue weighted by Gasteiger charge is -2.32. The van der Waals surface area contributed by atoms with Crippen LogP contribution in [0.15, 0.2) is 12.3 Å². The van der Waals surface area contributed by atoms with Crippen LogP contribution in [0, 0.1) is 5.41 Å². The topological polar surface area (TPSA) is 66.9 Å². The van der Waals surface area contributed by atoms with Crippen LogP contribution in [0.1, 0.15) is 19.8 Å². The SMILES string of the molecule is CC1(C(=O)Nc2nccc(Cl)n2)CCNCC1. The number of hydrogen-bond acceptors (Lipinski definition) is 4. The van der Waals surface area contributed by atoms with Gasteiger partial charge in [0.15, 0.2) is 0 Å². The standard InChI is InChI=1S/C11H15ClN4O/c1-11(3-6-13-7-4-11)9(17)16-10-14-5-2-8(12)15-10/h2,5,13H,3-4,6-7H2,1H3,(H,14,15,16,17). The second-order valence-electron chi connectivity index (χ2n) is 4.47. The number of carbonyl (C=O) groups is 1. The van der Waals surface area contributed by atoms with Crippen molar-refractivity contribution in [3.05, 3.63) is 17.4 Å². The lowest BCUT2D eigenvalue weighted by molar-refractivity contribution is -0.126. The van der Waals surface area contributed by atoms with Gasteiger partial charge < -0.3 is 5.32 Å². The minimum Gasteiger partial charge on any atom is -0.317 e. The van der Waals surface area contributed by atoms with E-state index in [1.165, 1.54) is 6.20 Å². The first kappa shape index (κ1) is 12.3. The van der Waals surface area contributed by atoms with Crippen molar-refractivity contribution in [1.29, 1.82) is 0 Å². The normalized spacial score (nSPS) is 18.7. The van der Waals surface area contributed by atoms with Crippen LogP contribution >= 0.6 is 11.6 Å². The highest BCUT2D eigenvalue weighted by atomic mass is 35.5. The second kappa shape index (κ2) is 4.98. The third-order valence-corrected chi connectivity index (χ3v) is 3.31. The molecule has 6 heteroatoms. The molecule has 1 saturated heterocycles. The third-order valence-electron chi connectivity index (χ3n) is 3.10. The van der Waals surface area contributed by atoms with Crippen molar-refractivity contribution < 1.29 is 4.79 Å². The zero-order valence-corrected chi connectivity index (χ0v) is 10.4. The number of hydrogen-bond donors (Lipinski definition) is 2. The predicted octanol–water partition coefficient (Wildman–Crippen LogP) is 1.46. The van der Waals surface area contributed by atoms with Crippen molar-refractivity contribution in [2.45, 2.75) is 19.8 Å². The van der Waals surface area contributed by atoms with Crippen LogP contribution in [0.4, 0.5) is 5.95 Å². The molecule has 5 nitrogen and oxygen atoms in total. The summed E-state index contributed by atoms with van der Waals surface area (Å²) in [5, 5.41) is 6.28. The van der Waals surface area contributed by atoms with Gasteiger partial charge >= 0.3 is 0 Å². The number of halogens is 1. The number of nitrogens with zero attached hydrogens (tertiary/aromatic N) is 2. The first-order chi connectivity index (χ1) is 8.10. The lowest BCUT2D eigenvalue weighted by atomic mass is 9.80. The van der Waals surface area contributed by atoms with E-state index in [4.69, 9.17) is 11.6 Å². The fourth-order valence-corrected chi connectivity index (χ4v) is 1.99. The number of carbonyl (C=O) groups excluding carboxylic acids is 1. The molecule has 0 aliphatic carbocycles. The molecule has 0 atom stereocenters. The fraction of sp³-hybridized carbons (Fsp3) is 0.545. The smallest absolute Gasteiger partial charge is 0.232 e. The Hall–Kier alpha value is -1.20. The molecule has 17 heavy (non-hydrogen) atoms. The molecule has 1 aliphatic rings. The zero-order chi connectivity index (χ0) is 12.3. The molecule has 2 heterocycles. The Kier molecular flexibility index (Phi) is 3.59. The predicted molar refractivity (Wildman–Crippen MR) is 65.9 cm³/mol. The zero-order valence-electron chi connectivity index (χ0n) is 9.66. The van der Waals surface area contributed by atoms with Crippen molar-refractivity contribution in [3.63, 3.8) is 0 Å². The maximum Gasteiger partial charge on any atom is 0.232 e. The highest BCUT2D eigenvalue weighted by Crippen LogP contribution is 2.29. The highest BCUT2D eigenvalue weighted by Gasteiger charge is 2.34. The molecule has 1 amide bonds. The Morgan fingerprint density at radius 1 is 1.53 bits per heavy atom. The summed E-state index contributed by atoms with van der Waals surface area (Å²) in [5.41, 5.74) is -0.350. The Morgan fingerprint density at radius 2 is 2.24 bits per heavy atom. The van der Waals surface area contributed by atoms with Crippen LogP contribution in [0.25, 0.3) is 0 Å². The summed E-state index contributed by atoms with van der Waals surface area (Å²) >= 11 is 5.74. The third kappa shape index (κ3) is 2.92. The van der Waals surface area contributed by atoms with Gasteiger partial charge in [0.1, 0.15) is 5.15 Å². The summed E-state index contributed by atoms with van der Waals surface area (Å²) in [6.07, 6.45) is 3.16. The maximum atomic E-state index is 12.1. The van der Waals surface area contributed by atoms with Crippen LogP contribution in [0.2, 0.25) is 5.15 Å². The summed E-state index contributed by atoms with van der Waals surface area (Å²) < 4.78 is 0. The van der Waals surface area contributed by atoms with Gasteiger partial charge in [-0.2, -0.15) is 0 Å². The minimum absolute atomic E-state index is 0.0405. The van der Waals surface area contributed by atoms with E-state index in [-0.39, 0.29) is 17.3 Å². The molecule has 2 rings (SSSR count). The summed E-state index contributed by atoms with van der Waals surface area (Å²) in [6.45, 7) is 3.69. The van der Waals surface area contributed by atoms with E-state index in [1.54, 1.807) is 6.07 Å². The molecule has 92 valence electrons. The van der Waals surface area contributed by atoms with Gasteiger partial charge in [-0.25, -0.2) is 9.97 Å². The van der Waals surface area contributed by atoms with Crippen molar-refractivity contribution >= 4 is 23.5 Å². The van der Waals surface area contributed by atoms with Crippen LogP contribution in [-0.4, -0.2) is 29.0 Å². The highest BCUT2D eigenvalue weighted by molar-refractivity contribution is 6.29. The van der Waals surface area contributed by atoms with Gasteiger partial charge in [0.25, 0.3) is 0 Å². The molecule has 0 radical (unpaired) electrons. The average molecular weight is 255 g/mol. The van der Waals surface area contributed by atoms with Gasteiger partial charge in [0.2, 0.25) is 11.9 Å².